The Bertz CT molecular complexity index is 2480. The first-order valence-electron chi connectivity index (χ1n) is 17.4. The van der Waals surface area contributed by atoms with Crippen molar-refractivity contribution >= 4 is 33.2 Å². The highest BCUT2D eigenvalue weighted by atomic mass is 16.5. The van der Waals surface area contributed by atoms with Crippen LogP contribution in [0, 0.1) is 0 Å². The molecule has 47 heavy (non-hydrogen) atoms. The Labute approximate surface area is 278 Å². The van der Waals surface area contributed by atoms with Crippen LogP contribution in [0.15, 0.2) is 140 Å². The summed E-state index contributed by atoms with van der Waals surface area (Å²) in [7, 11) is 0. The van der Waals surface area contributed by atoms with Crippen molar-refractivity contribution in [3.63, 3.8) is 0 Å². The summed E-state index contributed by atoms with van der Waals surface area (Å²) >= 11 is 0. The number of nitrogens with zero attached hydrogens (tertiary/aromatic N) is 4. The van der Waals surface area contributed by atoms with E-state index in [0.29, 0.717) is 11.5 Å². The number of hydrogen-bond acceptors (Lipinski definition) is 4. The third-order valence-corrected chi connectivity index (χ3v) is 9.69. The van der Waals surface area contributed by atoms with E-state index in [1.165, 1.54) is 16.0 Å². The van der Waals surface area contributed by atoms with Crippen molar-refractivity contribution in [3.05, 3.63) is 156 Å². The van der Waals surface area contributed by atoms with Crippen LogP contribution in [0.1, 0.15) is 34.7 Å². The molecule has 0 atom stereocenters. The van der Waals surface area contributed by atoms with Gasteiger partial charge < -0.3 is 14.5 Å². The van der Waals surface area contributed by atoms with Crippen molar-refractivity contribution in [2.24, 2.45) is 0 Å². The summed E-state index contributed by atoms with van der Waals surface area (Å²) in [4.78, 5) is 8.37. The van der Waals surface area contributed by atoms with Gasteiger partial charge in [0.15, 0.2) is 0 Å². The van der Waals surface area contributed by atoms with E-state index in [9.17, 15) is 0 Å². The summed E-state index contributed by atoms with van der Waals surface area (Å²) in [6.07, 6.45) is 3.65. The normalized spacial score (nSPS) is 15.0. The summed E-state index contributed by atoms with van der Waals surface area (Å²) in [5.41, 5.74) is 9.18. The van der Waals surface area contributed by atoms with E-state index in [2.05, 4.69) is 108 Å². The van der Waals surface area contributed by atoms with Crippen LogP contribution in [-0.2, 0) is 5.41 Å². The highest BCUT2D eigenvalue weighted by Crippen LogP contribution is 2.48. The third kappa shape index (κ3) is 4.34. The second-order valence-electron chi connectivity index (χ2n) is 12.8. The molecule has 0 radical (unpaired) electrons. The molecule has 0 saturated heterocycles. The fourth-order valence-electron chi connectivity index (χ4n) is 7.22. The lowest BCUT2D eigenvalue weighted by atomic mass is 9.78. The second kappa shape index (κ2) is 10.4. The number of ether oxygens (including phenoxy) is 1. The summed E-state index contributed by atoms with van der Waals surface area (Å²) in [6.45, 7) is 2.49. The van der Waals surface area contributed by atoms with E-state index >= 15 is 0 Å². The Balaban J connectivity index is 1.13. The number of rotatable bonds is 5. The molecule has 5 nitrogen and oxygen atoms in total. The molecule has 0 fully saturated rings. The maximum absolute atomic E-state index is 8.06. The minimum atomic E-state index is -2.24. The van der Waals surface area contributed by atoms with Crippen molar-refractivity contribution in [1.82, 2.24) is 14.5 Å². The van der Waals surface area contributed by atoms with Crippen LogP contribution in [0.25, 0.3) is 44.4 Å². The standard InChI is InChI=1S/C42H34N4O/c1-42(2,28-11-5-4-6-12-28)29-21-22-43-41(23-29)46-37-16-10-9-15-34(37)36-20-18-31(25-39(36)46)47-30-17-19-35-32-13-7-8-14-33(32)40-26-44(3)27-45(40)38(35)24-30/h4-26H,27H2,1-3H3/i3D3. The van der Waals surface area contributed by atoms with Gasteiger partial charge >= 0.3 is 0 Å². The topological polar surface area (TPSA) is 33.5 Å². The Kier molecular flexibility index (Phi) is 5.38. The lowest BCUT2D eigenvalue weighted by molar-refractivity contribution is 0.481. The molecule has 7 aromatic rings. The first-order valence-corrected chi connectivity index (χ1v) is 15.9. The lowest BCUT2D eigenvalue weighted by Gasteiger charge is -2.31. The average Bonchev–Trinajstić information content (AvgIpc) is 3.73. The van der Waals surface area contributed by atoms with Gasteiger partial charge in [0.2, 0.25) is 0 Å². The van der Waals surface area contributed by atoms with Crippen LogP contribution in [0.3, 0.4) is 0 Å². The van der Waals surface area contributed by atoms with Crippen molar-refractivity contribution in [2.45, 2.75) is 19.3 Å². The number of anilines is 1. The minimum Gasteiger partial charge on any atom is -0.457 e. The van der Waals surface area contributed by atoms with Gasteiger partial charge in [0.1, 0.15) is 17.3 Å². The Morgan fingerprint density at radius 3 is 2.30 bits per heavy atom. The van der Waals surface area contributed by atoms with Crippen molar-refractivity contribution < 1.29 is 8.85 Å². The van der Waals surface area contributed by atoms with Gasteiger partial charge in [-0.05, 0) is 59.2 Å². The molecule has 0 N–H and O–H groups in total. The summed E-state index contributed by atoms with van der Waals surface area (Å²) in [5, 5.41) is 2.25. The molecule has 5 heteroatoms. The monoisotopic (exact) mass is 613 g/mol. The number of aromatic nitrogens is 2. The van der Waals surface area contributed by atoms with E-state index < -0.39 is 6.98 Å². The first kappa shape index (κ1) is 24.4. The van der Waals surface area contributed by atoms with Gasteiger partial charge in [-0.3, -0.25) is 4.57 Å². The van der Waals surface area contributed by atoms with Crippen LogP contribution in [0.5, 0.6) is 11.5 Å². The van der Waals surface area contributed by atoms with Crippen LogP contribution in [-0.4, -0.2) is 28.1 Å². The zero-order valence-electron chi connectivity index (χ0n) is 29.2. The van der Waals surface area contributed by atoms with Crippen molar-refractivity contribution in [3.8, 4) is 28.4 Å². The van der Waals surface area contributed by atoms with Gasteiger partial charge in [0.25, 0.3) is 0 Å². The van der Waals surface area contributed by atoms with E-state index in [4.69, 9.17) is 13.8 Å². The summed E-state index contributed by atoms with van der Waals surface area (Å²) < 4.78 is 33.0. The van der Waals surface area contributed by atoms with Crippen molar-refractivity contribution in [1.29, 1.82) is 0 Å². The van der Waals surface area contributed by atoms with Gasteiger partial charge in [0.05, 0.1) is 29.1 Å². The summed E-state index contributed by atoms with van der Waals surface area (Å²) in [5.74, 6) is 2.20. The molecule has 0 saturated carbocycles. The fourth-order valence-corrected chi connectivity index (χ4v) is 7.22. The predicted molar refractivity (Wildman–Crippen MR) is 192 cm³/mol. The number of pyridine rings is 1. The highest BCUT2D eigenvalue weighted by Gasteiger charge is 2.31. The number of benzene rings is 5. The predicted octanol–water partition coefficient (Wildman–Crippen LogP) is 9.99. The molecule has 9 rings (SSSR count). The van der Waals surface area contributed by atoms with Crippen LogP contribution in [0.4, 0.5) is 5.69 Å². The van der Waals surface area contributed by atoms with Crippen molar-refractivity contribution in [2.75, 3.05) is 18.5 Å². The van der Waals surface area contributed by atoms with E-state index in [0.717, 1.165) is 55.7 Å². The quantitative estimate of drug-likeness (QED) is 0.193. The molecular formula is C42H34N4O. The van der Waals surface area contributed by atoms with Crippen LogP contribution >= 0.6 is 0 Å². The molecule has 0 amide bonds. The molecule has 0 unspecified atom stereocenters. The third-order valence-electron chi connectivity index (χ3n) is 9.69. The lowest BCUT2D eigenvalue weighted by Crippen LogP contribution is -2.26. The molecule has 0 bridgehead atoms. The van der Waals surface area contributed by atoms with Crippen LogP contribution < -0.4 is 9.64 Å². The Morgan fingerprint density at radius 1 is 0.681 bits per heavy atom. The largest absolute Gasteiger partial charge is 0.457 e. The molecule has 0 spiro atoms. The van der Waals surface area contributed by atoms with Gasteiger partial charge in [0, 0.05) is 62.9 Å². The summed E-state index contributed by atoms with van der Waals surface area (Å²) in [6, 6.07) is 43.7. The number of para-hydroxylation sites is 1. The number of hydrogen-bond donors (Lipinski definition) is 0. The molecule has 2 aliphatic heterocycles. The molecule has 5 aromatic carbocycles. The molecular weight excluding hydrogens is 576 g/mol. The van der Waals surface area contributed by atoms with Gasteiger partial charge in [-0.2, -0.15) is 0 Å². The smallest absolute Gasteiger partial charge is 0.137 e. The molecule has 0 aliphatic carbocycles. The van der Waals surface area contributed by atoms with Gasteiger partial charge in [-0.25, -0.2) is 4.98 Å². The maximum atomic E-state index is 8.06. The zero-order chi connectivity index (χ0) is 34.2. The van der Waals surface area contributed by atoms with Crippen LogP contribution in [0.2, 0.25) is 0 Å². The fraction of sp³-hybridized carbons (Fsp3) is 0.119. The van der Waals surface area contributed by atoms with E-state index in [1.54, 1.807) is 6.20 Å². The first-order chi connectivity index (χ1) is 24.2. The minimum absolute atomic E-state index is 0.218. The SMILES string of the molecule is [2H]C([2H])([2H])N1C=C2c3ccccc3-c3ccc(Oc4ccc5c6ccccc6n(-c6cc(C(C)(C)c7ccccc7)ccn6)c5c4)cc3N2C1. The molecule has 2 aromatic heterocycles. The zero-order valence-corrected chi connectivity index (χ0v) is 26.2. The van der Waals surface area contributed by atoms with Gasteiger partial charge in [-0.15, -0.1) is 0 Å². The Hall–Kier alpha value is -5.81. The molecule has 2 aliphatic rings. The van der Waals surface area contributed by atoms with E-state index in [-0.39, 0.29) is 12.1 Å². The maximum Gasteiger partial charge on any atom is 0.137 e. The molecule has 4 heterocycles. The Morgan fingerprint density at radius 2 is 1.43 bits per heavy atom. The average molecular weight is 614 g/mol. The van der Waals surface area contributed by atoms with Gasteiger partial charge in [-0.1, -0.05) is 86.6 Å². The molecule has 228 valence electrons. The van der Waals surface area contributed by atoms with E-state index in [1.807, 2.05) is 48.7 Å². The second-order valence-corrected chi connectivity index (χ2v) is 12.8. The number of fused-ring (bicyclic) bond motifs is 9. The highest BCUT2D eigenvalue weighted by molar-refractivity contribution is 6.09.